The van der Waals surface area contributed by atoms with Crippen LogP contribution in [0.25, 0.3) is 11.3 Å². The van der Waals surface area contributed by atoms with Gasteiger partial charge in [0.05, 0.1) is 31.1 Å². The number of benzene rings is 1. The van der Waals surface area contributed by atoms with E-state index in [0.29, 0.717) is 31.7 Å². The highest BCUT2D eigenvalue weighted by molar-refractivity contribution is 6.00. The van der Waals surface area contributed by atoms with Crippen LogP contribution in [0.4, 0.5) is 11.5 Å². The van der Waals surface area contributed by atoms with Crippen molar-refractivity contribution in [3.63, 3.8) is 0 Å². The summed E-state index contributed by atoms with van der Waals surface area (Å²) in [7, 11) is 0. The van der Waals surface area contributed by atoms with E-state index in [0.717, 1.165) is 35.5 Å². The van der Waals surface area contributed by atoms with Crippen molar-refractivity contribution < 1.29 is 14.3 Å². The molecule has 4 rings (SSSR count). The minimum Gasteiger partial charge on any atom is -0.382 e. The molecule has 3 aromatic rings. The van der Waals surface area contributed by atoms with Crippen molar-refractivity contribution in [1.29, 1.82) is 0 Å². The lowest BCUT2D eigenvalue weighted by Gasteiger charge is -2.30. The summed E-state index contributed by atoms with van der Waals surface area (Å²) >= 11 is 0. The summed E-state index contributed by atoms with van der Waals surface area (Å²) < 4.78 is 5.44. The van der Waals surface area contributed by atoms with Crippen molar-refractivity contribution in [3.8, 4) is 11.3 Å². The molecule has 0 spiro atoms. The van der Waals surface area contributed by atoms with Crippen molar-refractivity contribution >= 4 is 23.1 Å². The molecule has 1 aliphatic heterocycles. The van der Waals surface area contributed by atoms with Gasteiger partial charge < -0.3 is 21.1 Å². The highest BCUT2D eigenvalue weighted by atomic mass is 16.5. The van der Waals surface area contributed by atoms with E-state index in [-0.39, 0.29) is 29.5 Å². The number of pyridine rings is 1. The molecule has 1 aromatic carbocycles. The molecule has 1 aliphatic rings. The highest BCUT2D eigenvalue weighted by Gasteiger charge is 2.20. The van der Waals surface area contributed by atoms with Crippen LogP contribution < -0.4 is 16.4 Å². The van der Waals surface area contributed by atoms with Crippen molar-refractivity contribution in [2.75, 3.05) is 36.9 Å². The fraction of sp³-hybridized carbons (Fsp3) is 0.346. The maximum atomic E-state index is 13.2. The van der Waals surface area contributed by atoms with Crippen molar-refractivity contribution in [2.24, 2.45) is 5.73 Å². The SMILES string of the molecule is C[C@H](N)C(=O)CCc1ccc(-c2cnc(N)c(C(=O)Cc3cnccc3N3CCOCC3)n2)cc1. The molecule has 0 unspecified atom stereocenters. The van der Waals surface area contributed by atoms with Crippen LogP contribution in [0.5, 0.6) is 0 Å². The number of anilines is 2. The first-order valence-electron chi connectivity index (χ1n) is 11.7. The van der Waals surface area contributed by atoms with E-state index < -0.39 is 6.04 Å². The Bertz CT molecular complexity index is 1190. The van der Waals surface area contributed by atoms with Gasteiger partial charge in [-0.05, 0) is 25.0 Å². The Morgan fingerprint density at radius 1 is 1.11 bits per heavy atom. The summed E-state index contributed by atoms with van der Waals surface area (Å²) in [4.78, 5) is 40.2. The van der Waals surface area contributed by atoms with Crippen LogP contribution in [0.2, 0.25) is 0 Å². The number of aromatic nitrogens is 3. The van der Waals surface area contributed by atoms with E-state index in [1.807, 2.05) is 30.3 Å². The molecular formula is C26H30N6O3. The van der Waals surface area contributed by atoms with Crippen LogP contribution in [-0.2, 0) is 22.4 Å². The van der Waals surface area contributed by atoms with Gasteiger partial charge in [0.15, 0.2) is 11.6 Å². The lowest BCUT2D eigenvalue weighted by molar-refractivity contribution is -0.119. The predicted octanol–water partition coefficient (Wildman–Crippen LogP) is 2.23. The Balaban J connectivity index is 1.50. The molecule has 35 heavy (non-hydrogen) atoms. The monoisotopic (exact) mass is 474 g/mol. The molecule has 4 N–H and O–H groups in total. The molecule has 9 nitrogen and oxygen atoms in total. The van der Waals surface area contributed by atoms with Gasteiger partial charge in [-0.3, -0.25) is 14.6 Å². The summed E-state index contributed by atoms with van der Waals surface area (Å²) in [6.45, 7) is 4.52. The Kier molecular flexibility index (Phi) is 7.79. The third-order valence-corrected chi connectivity index (χ3v) is 6.06. The zero-order valence-electron chi connectivity index (χ0n) is 19.8. The van der Waals surface area contributed by atoms with Crippen molar-refractivity contribution in [1.82, 2.24) is 15.0 Å². The largest absolute Gasteiger partial charge is 0.382 e. The Labute approximate surface area is 204 Å². The summed E-state index contributed by atoms with van der Waals surface area (Å²) in [5.74, 6) is -0.0842. The van der Waals surface area contributed by atoms with Gasteiger partial charge >= 0.3 is 0 Å². The van der Waals surface area contributed by atoms with Crippen LogP contribution >= 0.6 is 0 Å². The van der Waals surface area contributed by atoms with E-state index in [1.54, 1.807) is 25.5 Å². The molecular weight excluding hydrogens is 444 g/mol. The van der Waals surface area contributed by atoms with E-state index in [9.17, 15) is 9.59 Å². The van der Waals surface area contributed by atoms with Gasteiger partial charge in [0.1, 0.15) is 11.5 Å². The number of ketones is 2. The fourth-order valence-electron chi connectivity index (χ4n) is 4.01. The number of aryl methyl sites for hydroxylation is 1. The zero-order valence-corrected chi connectivity index (χ0v) is 19.8. The number of Topliss-reactive ketones (excluding diaryl/α,β-unsaturated/α-hetero) is 2. The number of nitrogens with two attached hydrogens (primary N) is 2. The second-order valence-corrected chi connectivity index (χ2v) is 8.64. The second kappa shape index (κ2) is 11.2. The average Bonchev–Trinajstić information content (AvgIpc) is 2.88. The molecule has 1 atom stereocenters. The number of morpholine rings is 1. The first-order valence-corrected chi connectivity index (χ1v) is 11.7. The molecule has 0 saturated carbocycles. The number of nitrogen functional groups attached to an aromatic ring is 1. The lowest BCUT2D eigenvalue weighted by Crippen LogP contribution is -2.37. The highest BCUT2D eigenvalue weighted by Crippen LogP contribution is 2.24. The molecule has 0 amide bonds. The van der Waals surface area contributed by atoms with Crippen molar-refractivity contribution in [2.45, 2.75) is 32.2 Å². The molecule has 3 heterocycles. The summed E-state index contributed by atoms with van der Waals surface area (Å²) in [5, 5.41) is 0. The first kappa shape index (κ1) is 24.4. The standard InChI is InChI=1S/C26H30N6O3/c1-17(27)23(33)7-4-18-2-5-19(6-3-18)21-16-30-26(28)25(31-21)24(34)14-20-15-29-9-8-22(20)32-10-12-35-13-11-32/h2-3,5-6,8-9,15-17H,4,7,10-14,27H2,1H3,(H2,28,30)/t17-/m0/s1. The molecule has 1 fully saturated rings. The van der Waals surface area contributed by atoms with Crippen molar-refractivity contribution in [3.05, 3.63) is 65.7 Å². The molecule has 0 bridgehead atoms. The van der Waals surface area contributed by atoms with Crippen LogP contribution in [-0.4, -0.2) is 58.9 Å². The minimum absolute atomic E-state index is 0.0343. The summed E-state index contributed by atoms with van der Waals surface area (Å²) in [6.07, 6.45) is 6.14. The van der Waals surface area contributed by atoms with Gasteiger partial charge in [0, 0.05) is 55.1 Å². The minimum atomic E-state index is -0.452. The van der Waals surface area contributed by atoms with Crippen LogP contribution in [0, 0.1) is 0 Å². The van der Waals surface area contributed by atoms with Gasteiger partial charge in [-0.2, -0.15) is 0 Å². The van der Waals surface area contributed by atoms with E-state index >= 15 is 0 Å². The normalized spacial score (nSPS) is 14.5. The fourth-order valence-corrected chi connectivity index (χ4v) is 4.01. The first-order chi connectivity index (χ1) is 16.9. The number of ether oxygens (including phenoxy) is 1. The zero-order chi connectivity index (χ0) is 24.8. The number of carbonyl (C=O) groups is 2. The summed E-state index contributed by atoms with van der Waals surface area (Å²) in [6, 6.07) is 9.14. The van der Waals surface area contributed by atoms with E-state index in [4.69, 9.17) is 16.2 Å². The number of hydrogen-bond acceptors (Lipinski definition) is 9. The van der Waals surface area contributed by atoms with Crippen LogP contribution in [0.1, 0.15) is 35.0 Å². The second-order valence-electron chi connectivity index (χ2n) is 8.64. The Morgan fingerprint density at radius 2 is 1.86 bits per heavy atom. The molecule has 2 aromatic heterocycles. The van der Waals surface area contributed by atoms with Gasteiger partial charge in [0.25, 0.3) is 0 Å². The topological polar surface area (TPSA) is 137 Å². The lowest BCUT2D eigenvalue weighted by atomic mass is 10.0. The number of hydrogen-bond donors (Lipinski definition) is 2. The Morgan fingerprint density at radius 3 is 2.57 bits per heavy atom. The maximum Gasteiger partial charge on any atom is 0.189 e. The molecule has 0 radical (unpaired) electrons. The van der Waals surface area contributed by atoms with Crippen LogP contribution in [0.3, 0.4) is 0 Å². The molecule has 182 valence electrons. The number of nitrogens with zero attached hydrogens (tertiary/aromatic N) is 4. The average molecular weight is 475 g/mol. The van der Waals surface area contributed by atoms with Gasteiger partial charge in [-0.25, -0.2) is 9.97 Å². The quantitative estimate of drug-likeness (QED) is 0.447. The number of carbonyl (C=O) groups excluding carboxylic acids is 2. The van der Waals surface area contributed by atoms with E-state index in [2.05, 4.69) is 19.9 Å². The molecule has 1 saturated heterocycles. The van der Waals surface area contributed by atoms with E-state index in [1.165, 1.54) is 0 Å². The van der Waals surface area contributed by atoms with Gasteiger partial charge in [-0.15, -0.1) is 0 Å². The maximum absolute atomic E-state index is 13.2. The summed E-state index contributed by atoms with van der Waals surface area (Å²) in [5.41, 5.74) is 16.0. The molecule has 0 aliphatic carbocycles. The number of rotatable bonds is 9. The molecule has 9 heteroatoms. The van der Waals surface area contributed by atoms with Crippen LogP contribution in [0.15, 0.2) is 48.9 Å². The third kappa shape index (κ3) is 6.06. The van der Waals surface area contributed by atoms with Gasteiger partial charge in [-0.1, -0.05) is 24.3 Å². The third-order valence-electron chi connectivity index (χ3n) is 6.06. The smallest absolute Gasteiger partial charge is 0.189 e. The Hall–Kier alpha value is -3.69. The van der Waals surface area contributed by atoms with Gasteiger partial charge in [0.2, 0.25) is 0 Å². The predicted molar refractivity (Wildman–Crippen MR) is 134 cm³/mol.